The van der Waals surface area contributed by atoms with Crippen molar-refractivity contribution in [3.63, 3.8) is 0 Å². The molecule has 0 radical (unpaired) electrons. The van der Waals surface area contributed by atoms with Crippen molar-refractivity contribution >= 4 is 33.3 Å². The van der Waals surface area contributed by atoms with Crippen LogP contribution < -0.4 is 14.2 Å². The van der Waals surface area contributed by atoms with Crippen LogP contribution in [0.5, 0.6) is 11.5 Å². The molecule has 1 N–H and O–H groups in total. The van der Waals surface area contributed by atoms with E-state index in [1.54, 1.807) is 0 Å². The summed E-state index contributed by atoms with van der Waals surface area (Å²) in [6, 6.07) is 2.94. The van der Waals surface area contributed by atoms with Crippen LogP contribution in [0.25, 0.3) is 0 Å². The van der Waals surface area contributed by atoms with Gasteiger partial charge in [-0.1, -0.05) is 11.6 Å². The van der Waals surface area contributed by atoms with E-state index in [9.17, 15) is 13.2 Å². The Morgan fingerprint density at radius 1 is 1.38 bits per heavy atom. The Morgan fingerprint density at radius 3 is 2.71 bits per heavy atom. The zero-order valence-electron chi connectivity index (χ0n) is 11.2. The number of ether oxygens (including phenoxy) is 3. The summed E-state index contributed by atoms with van der Waals surface area (Å²) in [7, 11) is -2.37. The van der Waals surface area contributed by atoms with Crippen LogP contribution in [-0.4, -0.2) is 34.0 Å². The minimum atomic E-state index is -3.62. The van der Waals surface area contributed by atoms with Gasteiger partial charge in [0.1, 0.15) is 0 Å². The molecule has 116 valence electrons. The van der Waals surface area contributed by atoms with Crippen molar-refractivity contribution < 1.29 is 27.4 Å². The predicted molar refractivity (Wildman–Crippen MR) is 76.2 cm³/mol. The van der Waals surface area contributed by atoms with Crippen LogP contribution in [0.15, 0.2) is 12.1 Å². The first-order valence-corrected chi connectivity index (χ1v) is 8.11. The van der Waals surface area contributed by atoms with Gasteiger partial charge in [0.05, 0.1) is 23.6 Å². The molecular formula is C12H14ClNO6S. The fourth-order valence-corrected chi connectivity index (χ4v) is 3.11. The van der Waals surface area contributed by atoms with Gasteiger partial charge in [-0.05, 0) is 6.42 Å². The third-order valence-corrected chi connectivity index (χ3v) is 4.42. The second kappa shape index (κ2) is 6.40. The fourth-order valence-electron chi connectivity index (χ4n) is 1.72. The Hall–Kier alpha value is -1.67. The topological polar surface area (TPSA) is 90.9 Å². The number of fused-ring (bicyclic) bond motifs is 1. The number of methoxy groups -OCH3 is 1. The van der Waals surface area contributed by atoms with Gasteiger partial charge in [0, 0.05) is 18.6 Å². The lowest BCUT2D eigenvalue weighted by Crippen LogP contribution is -2.18. The van der Waals surface area contributed by atoms with E-state index < -0.39 is 16.0 Å². The van der Waals surface area contributed by atoms with Gasteiger partial charge in [-0.3, -0.25) is 9.52 Å². The van der Waals surface area contributed by atoms with E-state index in [0.29, 0.717) is 11.5 Å². The van der Waals surface area contributed by atoms with Crippen molar-refractivity contribution in [2.75, 3.05) is 24.4 Å². The molecule has 0 amide bonds. The van der Waals surface area contributed by atoms with Gasteiger partial charge in [-0.15, -0.1) is 0 Å². The lowest BCUT2D eigenvalue weighted by Gasteiger charge is -2.10. The highest BCUT2D eigenvalue weighted by atomic mass is 35.5. The number of rotatable bonds is 6. The van der Waals surface area contributed by atoms with Crippen molar-refractivity contribution in [1.82, 2.24) is 0 Å². The Bertz CT molecular complexity index is 645. The maximum absolute atomic E-state index is 11.9. The van der Waals surface area contributed by atoms with Crippen LogP contribution >= 0.6 is 11.6 Å². The quantitative estimate of drug-likeness (QED) is 0.797. The molecule has 0 bridgehead atoms. The smallest absolute Gasteiger partial charge is 0.305 e. The largest absolute Gasteiger partial charge is 0.469 e. The number of carbonyl (C=O) groups excluding carboxylic acids is 1. The van der Waals surface area contributed by atoms with Gasteiger partial charge in [-0.25, -0.2) is 8.42 Å². The van der Waals surface area contributed by atoms with Crippen LogP contribution in [-0.2, 0) is 19.6 Å². The lowest BCUT2D eigenvalue weighted by atomic mass is 10.3. The summed E-state index contributed by atoms with van der Waals surface area (Å²) >= 11 is 5.98. The maximum Gasteiger partial charge on any atom is 0.305 e. The van der Waals surface area contributed by atoms with Crippen molar-refractivity contribution in [2.45, 2.75) is 12.8 Å². The second-order valence-electron chi connectivity index (χ2n) is 4.29. The summed E-state index contributed by atoms with van der Waals surface area (Å²) < 4.78 is 41.0. The molecule has 7 nitrogen and oxygen atoms in total. The molecule has 0 fully saturated rings. The average Bonchev–Trinajstić information content (AvgIpc) is 2.85. The number of hydrogen-bond acceptors (Lipinski definition) is 6. The third kappa shape index (κ3) is 4.15. The highest BCUT2D eigenvalue weighted by Gasteiger charge is 2.19. The average molecular weight is 336 g/mol. The molecule has 1 aliphatic heterocycles. The highest BCUT2D eigenvalue weighted by Crippen LogP contribution is 2.39. The first kappa shape index (κ1) is 15.7. The standard InChI is InChI=1S/C12H14ClNO6S/c1-18-12(15)3-2-4-21(16,17)14-9-6-11-10(5-8(9)13)19-7-20-11/h5-6,14H,2-4,7H2,1H3. The number of anilines is 1. The Labute approximate surface area is 127 Å². The molecule has 0 saturated carbocycles. The molecule has 9 heteroatoms. The molecule has 0 aliphatic carbocycles. The van der Waals surface area contributed by atoms with Crippen molar-refractivity contribution in [3.05, 3.63) is 17.2 Å². The SMILES string of the molecule is COC(=O)CCCS(=O)(=O)Nc1cc2c(cc1Cl)OCO2. The van der Waals surface area contributed by atoms with Gasteiger partial charge in [0.15, 0.2) is 11.5 Å². The molecular weight excluding hydrogens is 322 g/mol. The first-order valence-electron chi connectivity index (χ1n) is 6.08. The molecule has 0 atom stereocenters. The van der Waals surface area contributed by atoms with E-state index in [0.717, 1.165) is 0 Å². The molecule has 1 aromatic rings. The summed E-state index contributed by atoms with van der Waals surface area (Å²) in [5.74, 6) is 0.221. The molecule has 1 heterocycles. The molecule has 0 spiro atoms. The van der Waals surface area contributed by atoms with Crippen molar-refractivity contribution in [2.24, 2.45) is 0 Å². The van der Waals surface area contributed by atoms with Gasteiger partial charge in [0.25, 0.3) is 0 Å². The molecule has 2 rings (SSSR count). The van der Waals surface area contributed by atoms with E-state index in [4.69, 9.17) is 21.1 Å². The van der Waals surface area contributed by atoms with Gasteiger partial charge >= 0.3 is 5.97 Å². The van der Waals surface area contributed by atoms with E-state index in [1.165, 1.54) is 19.2 Å². The van der Waals surface area contributed by atoms with Crippen LogP contribution in [0.2, 0.25) is 5.02 Å². The normalized spacial score (nSPS) is 13.0. The van der Waals surface area contributed by atoms with Gasteiger partial charge < -0.3 is 14.2 Å². The molecule has 1 aromatic carbocycles. The number of esters is 1. The second-order valence-corrected chi connectivity index (χ2v) is 6.54. The summed E-state index contributed by atoms with van der Waals surface area (Å²) in [6.07, 6.45) is 0.191. The third-order valence-electron chi connectivity index (χ3n) is 2.75. The summed E-state index contributed by atoms with van der Waals surface area (Å²) in [5.41, 5.74) is 0.207. The summed E-state index contributed by atoms with van der Waals surface area (Å²) in [4.78, 5) is 10.9. The lowest BCUT2D eigenvalue weighted by molar-refractivity contribution is -0.140. The highest BCUT2D eigenvalue weighted by molar-refractivity contribution is 7.92. The molecule has 0 saturated heterocycles. The number of sulfonamides is 1. The number of nitrogens with one attached hydrogen (secondary N) is 1. The minimum absolute atomic E-state index is 0.0340. The molecule has 0 aromatic heterocycles. The fraction of sp³-hybridized carbons (Fsp3) is 0.417. The maximum atomic E-state index is 11.9. The molecule has 21 heavy (non-hydrogen) atoms. The number of benzene rings is 1. The number of hydrogen-bond donors (Lipinski definition) is 1. The van der Waals surface area contributed by atoms with Crippen LogP contribution in [0, 0.1) is 0 Å². The Morgan fingerprint density at radius 2 is 2.05 bits per heavy atom. The molecule has 0 unspecified atom stereocenters. The van der Waals surface area contributed by atoms with E-state index in [1.807, 2.05) is 0 Å². The first-order chi connectivity index (χ1) is 9.91. The Kier molecular flexibility index (Phi) is 4.79. The van der Waals surface area contributed by atoms with Crippen LogP contribution in [0.4, 0.5) is 5.69 Å². The van der Waals surface area contributed by atoms with Crippen LogP contribution in [0.1, 0.15) is 12.8 Å². The molecule has 1 aliphatic rings. The van der Waals surface area contributed by atoms with Crippen molar-refractivity contribution in [3.8, 4) is 11.5 Å². The van der Waals surface area contributed by atoms with Crippen molar-refractivity contribution in [1.29, 1.82) is 0 Å². The summed E-state index contributed by atoms with van der Waals surface area (Å²) in [6.45, 7) is 0.0704. The number of carbonyl (C=O) groups is 1. The number of halogens is 1. The van der Waals surface area contributed by atoms with Gasteiger partial charge in [-0.2, -0.15) is 0 Å². The van der Waals surface area contributed by atoms with E-state index in [2.05, 4.69) is 9.46 Å². The Balaban J connectivity index is 2.02. The predicted octanol–water partition coefficient (Wildman–Crippen LogP) is 1.76. The zero-order valence-corrected chi connectivity index (χ0v) is 12.8. The van der Waals surface area contributed by atoms with Gasteiger partial charge in [0.2, 0.25) is 16.8 Å². The monoisotopic (exact) mass is 335 g/mol. The van der Waals surface area contributed by atoms with Crippen LogP contribution in [0.3, 0.4) is 0 Å². The van der Waals surface area contributed by atoms with E-state index >= 15 is 0 Å². The van der Waals surface area contributed by atoms with E-state index in [-0.39, 0.29) is 36.1 Å². The minimum Gasteiger partial charge on any atom is -0.469 e. The zero-order chi connectivity index (χ0) is 15.5. The summed E-state index contributed by atoms with van der Waals surface area (Å²) in [5, 5.41) is 0.204.